The van der Waals surface area contributed by atoms with Crippen LogP contribution in [0.3, 0.4) is 0 Å². The zero-order valence-electron chi connectivity index (χ0n) is 20.6. The van der Waals surface area contributed by atoms with Crippen LogP contribution in [0.5, 0.6) is 0 Å². The van der Waals surface area contributed by atoms with Crippen LogP contribution in [-0.4, -0.2) is 51.1 Å². The van der Waals surface area contributed by atoms with Crippen molar-refractivity contribution in [3.63, 3.8) is 0 Å². The Morgan fingerprint density at radius 2 is 1.87 bits per heavy atom. The van der Waals surface area contributed by atoms with E-state index in [1.807, 2.05) is 13.0 Å². The Morgan fingerprint density at radius 3 is 2.55 bits per heavy atom. The number of carbonyl (C=O) groups excluding carboxylic acids is 1. The van der Waals surface area contributed by atoms with E-state index in [2.05, 4.69) is 5.10 Å². The highest BCUT2D eigenvalue weighted by molar-refractivity contribution is 5.89. The van der Waals surface area contributed by atoms with E-state index in [9.17, 15) is 27.5 Å². The summed E-state index contributed by atoms with van der Waals surface area (Å²) in [5.74, 6) is -1.52. The second kappa shape index (κ2) is 9.43. The molecule has 0 saturated heterocycles. The molecule has 0 spiro atoms. The molecule has 2 unspecified atom stereocenters. The van der Waals surface area contributed by atoms with Crippen molar-refractivity contribution in [3.05, 3.63) is 95.6 Å². The number of benzene rings is 2. The van der Waals surface area contributed by atoms with Gasteiger partial charge in [-0.2, -0.15) is 18.3 Å². The Labute approximate surface area is 216 Å². The molecule has 0 saturated carbocycles. The number of esters is 1. The number of β-amino-alcohol motifs (C(OH)–C–C–N with tert-alkyl or cyclic N) is 1. The monoisotopic (exact) mass is 527 g/mol. The number of aromatic nitrogens is 2. The van der Waals surface area contributed by atoms with Crippen molar-refractivity contribution in [3.8, 4) is 5.69 Å². The van der Waals surface area contributed by atoms with Crippen LogP contribution in [0.2, 0.25) is 0 Å². The summed E-state index contributed by atoms with van der Waals surface area (Å²) in [5.41, 5.74) is -1.81. The Morgan fingerprint density at radius 1 is 1.13 bits per heavy atom. The molecule has 1 aliphatic heterocycles. The molecule has 2 aliphatic rings. The van der Waals surface area contributed by atoms with Crippen molar-refractivity contribution >= 4 is 16.9 Å². The van der Waals surface area contributed by atoms with Gasteiger partial charge in [0.15, 0.2) is 0 Å². The van der Waals surface area contributed by atoms with Gasteiger partial charge in [-0.1, -0.05) is 29.9 Å². The number of aliphatic hydroxyl groups is 1. The molecule has 38 heavy (non-hydrogen) atoms. The summed E-state index contributed by atoms with van der Waals surface area (Å²) >= 11 is 0. The molecule has 0 fully saturated rings. The van der Waals surface area contributed by atoms with Gasteiger partial charge in [-0.15, -0.1) is 0 Å². The Kier molecular flexibility index (Phi) is 6.38. The Hall–Kier alpha value is -3.92. The summed E-state index contributed by atoms with van der Waals surface area (Å²) in [4.78, 5) is 14.0. The first-order valence-corrected chi connectivity index (χ1v) is 12.1. The zero-order valence-corrected chi connectivity index (χ0v) is 20.6. The summed E-state index contributed by atoms with van der Waals surface area (Å²) in [7, 11) is 0. The Balaban J connectivity index is 1.55. The lowest BCUT2D eigenvalue weighted by Gasteiger charge is -2.39. The van der Waals surface area contributed by atoms with E-state index in [-0.39, 0.29) is 18.2 Å². The molecule has 0 radical (unpaired) electrons. The van der Waals surface area contributed by atoms with Gasteiger partial charge >= 0.3 is 12.1 Å². The number of hydrogen-bond acceptors (Lipinski definition) is 5. The summed E-state index contributed by atoms with van der Waals surface area (Å²) in [6.07, 6.45) is 3.27. The predicted octanol–water partition coefficient (Wildman–Crippen LogP) is 5.18. The molecule has 0 bridgehead atoms. The molecule has 5 rings (SSSR count). The third-order valence-electron chi connectivity index (χ3n) is 6.90. The van der Waals surface area contributed by atoms with Gasteiger partial charge in [0.1, 0.15) is 11.5 Å². The summed E-state index contributed by atoms with van der Waals surface area (Å²) in [6.45, 7) is 2.61. The number of nitrogens with zero attached hydrogens (tertiary/aromatic N) is 3. The molecule has 3 aromatic rings. The maximum absolute atomic E-state index is 14.6. The average Bonchev–Trinajstić information content (AvgIpc) is 3.45. The SMILES string of the molecule is CCOC(=O)C1=C[C@H]2C=C(C)C=CC2N1CC(O)(c1ccc2c(cnn2-c2ccc(F)cc2)c1)C(F)(F)F. The molecule has 198 valence electrons. The van der Waals surface area contributed by atoms with Crippen molar-refractivity contribution in [2.24, 2.45) is 5.92 Å². The van der Waals surface area contributed by atoms with Crippen LogP contribution in [0.4, 0.5) is 17.6 Å². The van der Waals surface area contributed by atoms with Gasteiger partial charge in [-0.05, 0) is 61.9 Å². The maximum Gasteiger partial charge on any atom is 0.423 e. The van der Waals surface area contributed by atoms with Crippen LogP contribution in [-0.2, 0) is 15.1 Å². The van der Waals surface area contributed by atoms with Gasteiger partial charge in [0, 0.05) is 11.3 Å². The number of carbonyl (C=O) groups is 1. The summed E-state index contributed by atoms with van der Waals surface area (Å²) < 4.78 is 63.8. The minimum atomic E-state index is -5.07. The Bertz CT molecular complexity index is 1470. The van der Waals surface area contributed by atoms with Crippen LogP contribution in [0, 0.1) is 11.7 Å². The van der Waals surface area contributed by atoms with Crippen molar-refractivity contribution in [1.82, 2.24) is 14.7 Å². The highest BCUT2D eigenvalue weighted by Gasteiger charge is 2.57. The van der Waals surface area contributed by atoms with Gasteiger partial charge in [-0.25, -0.2) is 13.9 Å². The van der Waals surface area contributed by atoms with E-state index in [1.165, 1.54) is 58.2 Å². The lowest BCUT2D eigenvalue weighted by molar-refractivity contribution is -0.271. The van der Waals surface area contributed by atoms with Crippen LogP contribution in [0.1, 0.15) is 19.4 Å². The molecule has 0 amide bonds. The third kappa shape index (κ3) is 4.38. The summed E-state index contributed by atoms with van der Waals surface area (Å²) in [5, 5.41) is 15.9. The second-order valence-electron chi connectivity index (χ2n) is 9.40. The van der Waals surface area contributed by atoms with E-state index in [4.69, 9.17) is 4.74 Å². The number of halogens is 4. The van der Waals surface area contributed by atoms with Crippen molar-refractivity contribution in [2.75, 3.05) is 13.2 Å². The van der Waals surface area contributed by atoms with E-state index in [0.717, 1.165) is 5.57 Å². The number of ether oxygens (including phenoxy) is 1. The highest BCUT2D eigenvalue weighted by Crippen LogP contribution is 2.44. The fourth-order valence-electron chi connectivity index (χ4n) is 4.98. The van der Waals surface area contributed by atoms with E-state index >= 15 is 0 Å². The largest absolute Gasteiger partial charge is 0.461 e. The topological polar surface area (TPSA) is 67.6 Å². The van der Waals surface area contributed by atoms with Crippen LogP contribution in [0.25, 0.3) is 16.6 Å². The fourth-order valence-corrected chi connectivity index (χ4v) is 4.98. The first-order valence-electron chi connectivity index (χ1n) is 12.1. The number of allylic oxidation sites excluding steroid dienone is 2. The molecule has 6 nitrogen and oxygen atoms in total. The molecule has 1 aromatic heterocycles. The normalized spacial score (nSPS) is 20.7. The molecule has 3 atom stereocenters. The van der Waals surface area contributed by atoms with E-state index in [0.29, 0.717) is 16.6 Å². The predicted molar refractivity (Wildman–Crippen MR) is 133 cm³/mol. The fraction of sp³-hybridized carbons (Fsp3) is 0.286. The molecular formula is C28H25F4N3O3. The molecule has 2 aromatic carbocycles. The zero-order chi connectivity index (χ0) is 27.2. The average molecular weight is 528 g/mol. The number of alkyl halides is 3. The second-order valence-corrected chi connectivity index (χ2v) is 9.40. The van der Waals surface area contributed by atoms with Crippen LogP contribution in [0.15, 0.2) is 84.2 Å². The number of hydrogen-bond donors (Lipinski definition) is 1. The van der Waals surface area contributed by atoms with Gasteiger partial charge < -0.3 is 14.7 Å². The molecule has 2 heterocycles. The summed E-state index contributed by atoms with van der Waals surface area (Å²) in [6, 6.07) is 8.79. The van der Waals surface area contributed by atoms with Crippen molar-refractivity contribution in [2.45, 2.75) is 31.7 Å². The molecule has 10 heteroatoms. The van der Waals surface area contributed by atoms with Gasteiger partial charge in [0.2, 0.25) is 5.60 Å². The smallest absolute Gasteiger partial charge is 0.423 e. The quantitative estimate of drug-likeness (QED) is 0.354. The van der Waals surface area contributed by atoms with Crippen LogP contribution >= 0.6 is 0 Å². The standard InChI is InChI=1S/C28H25F4N3O3/c1-3-38-26(36)25-14-18-12-17(2)4-10-23(18)34(25)16-27(37,28(30,31)32)20-5-11-24-19(13-20)15-33-35(24)22-8-6-21(29)7-9-22/h4-15,18,23,37H,3,16H2,1-2H3/t18-,23?,27?/m1/s1. The first-order chi connectivity index (χ1) is 18.0. The van der Waals surface area contributed by atoms with Crippen molar-refractivity contribution < 1.29 is 32.2 Å². The maximum atomic E-state index is 14.6. The van der Waals surface area contributed by atoms with E-state index < -0.39 is 41.7 Å². The number of rotatable bonds is 6. The van der Waals surface area contributed by atoms with Crippen LogP contribution < -0.4 is 0 Å². The first kappa shape index (κ1) is 25.7. The van der Waals surface area contributed by atoms with Gasteiger partial charge in [0.05, 0.1) is 36.6 Å². The van der Waals surface area contributed by atoms with E-state index in [1.54, 1.807) is 25.2 Å². The lowest BCUT2D eigenvalue weighted by atomic mass is 9.89. The van der Waals surface area contributed by atoms with Gasteiger partial charge in [-0.3, -0.25) is 0 Å². The third-order valence-corrected chi connectivity index (χ3v) is 6.90. The van der Waals surface area contributed by atoms with Crippen molar-refractivity contribution in [1.29, 1.82) is 0 Å². The highest BCUT2D eigenvalue weighted by atomic mass is 19.4. The van der Waals surface area contributed by atoms with Gasteiger partial charge in [0.25, 0.3) is 0 Å². The molecular weight excluding hydrogens is 502 g/mol. The lowest BCUT2D eigenvalue weighted by Crippen LogP contribution is -2.53. The molecule has 1 aliphatic carbocycles. The number of fused-ring (bicyclic) bond motifs is 2. The minimum Gasteiger partial charge on any atom is -0.461 e. The molecule has 1 N–H and O–H groups in total. The minimum absolute atomic E-state index is 0.0228.